The van der Waals surface area contributed by atoms with Gasteiger partial charge in [0.05, 0.1) is 22.4 Å². The highest BCUT2D eigenvalue weighted by molar-refractivity contribution is 7.80. The van der Waals surface area contributed by atoms with Gasteiger partial charge in [0.15, 0.2) is 5.11 Å². The van der Waals surface area contributed by atoms with Crippen molar-refractivity contribution in [1.29, 1.82) is 0 Å². The molecule has 0 unspecified atom stereocenters. The Hall–Kier alpha value is -2.90. The summed E-state index contributed by atoms with van der Waals surface area (Å²) in [6.45, 7) is 3.71. The third-order valence-corrected chi connectivity index (χ3v) is 7.57. The van der Waals surface area contributed by atoms with Crippen LogP contribution in [0.4, 0.5) is 11.4 Å². The van der Waals surface area contributed by atoms with Gasteiger partial charge in [-0.3, -0.25) is 9.78 Å². The van der Waals surface area contributed by atoms with Gasteiger partial charge in [0.25, 0.3) is 0 Å². The van der Waals surface area contributed by atoms with Crippen LogP contribution >= 0.6 is 23.8 Å². The summed E-state index contributed by atoms with van der Waals surface area (Å²) in [6.07, 6.45) is 8.91. The second kappa shape index (κ2) is 9.99. The van der Waals surface area contributed by atoms with E-state index in [1.54, 1.807) is 0 Å². The fourth-order valence-corrected chi connectivity index (χ4v) is 5.71. The highest BCUT2D eigenvalue weighted by Gasteiger charge is 2.42. The number of pyridine rings is 1. The van der Waals surface area contributed by atoms with Crippen molar-refractivity contribution in [1.82, 2.24) is 14.9 Å². The first-order chi connectivity index (χ1) is 16.9. The molecule has 1 aromatic carbocycles. The number of rotatable bonds is 6. The lowest BCUT2D eigenvalue weighted by atomic mass is 10.00. The maximum Gasteiger partial charge on any atom is 0.226 e. The Balaban J connectivity index is 1.56. The van der Waals surface area contributed by atoms with E-state index < -0.39 is 0 Å². The van der Waals surface area contributed by atoms with Crippen molar-refractivity contribution >= 4 is 46.2 Å². The molecule has 8 heteroatoms. The molecule has 1 saturated carbocycles. The molecule has 2 atom stereocenters. The summed E-state index contributed by atoms with van der Waals surface area (Å²) in [7, 11) is 0. The number of nitrogens with zero attached hydrogens (tertiary/aromatic N) is 3. The first kappa shape index (κ1) is 23.8. The number of amides is 1. The van der Waals surface area contributed by atoms with E-state index >= 15 is 0 Å². The Morgan fingerprint density at radius 1 is 1.17 bits per heavy atom. The number of aromatic nitrogens is 2. The molecule has 3 aromatic rings. The molecule has 3 heterocycles. The minimum Gasteiger partial charge on any atom is -0.351 e. The minimum atomic E-state index is -0.131. The van der Waals surface area contributed by atoms with Crippen molar-refractivity contribution in [3.8, 4) is 0 Å². The second-order valence-electron chi connectivity index (χ2n) is 9.58. The van der Waals surface area contributed by atoms with E-state index in [-0.39, 0.29) is 23.9 Å². The highest BCUT2D eigenvalue weighted by Crippen LogP contribution is 2.44. The molecule has 182 valence electrons. The third kappa shape index (κ3) is 4.67. The van der Waals surface area contributed by atoms with Crippen molar-refractivity contribution < 1.29 is 4.79 Å². The Kier molecular flexibility index (Phi) is 6.80. The zero-order valence-electron chi connectivity index (χ0n) is 19.9. The fourth-order valence-electron chi connectivity index (χ4n) is 5.14. The molecular weight excluding hydrogens is 478 g/mol. The van der Waals surface area contributed by atoms with Gasteiger partial charge in [0.1, 0.15) is 6.04 Å². The molecule has 35 heavy (non-hydrogen) atoms. The molecule has 6 nitrogen and oxygen atoms in total. The zero-order valence-corrected chi connectivity index (χ0v) is 21.5. The summed E-state index contributed by atoms with van der Waals surface area (Å²) >= 11 is 12.5. The van der Waals surface area contributed by atoms with Crippen molar-refractivity contribution in [2.24, 2.45) is 5.92 Å². The molecule has 1 saturated heterocycles. The summed E-state index contributed by atoms with van der Waals surface area (Å²) in [5.41, 5.74) is 3.61. The maximum atomic E-state index is 12.2. The monoisotopic (exact) mass is 507 g/mol. The summed E-state index contributed by atoms with van der Waals surface area (Å²) in [6, 6.07) is 16.3. The summed E-state index contributed by atoms with van der Waals surface area (Å²) in [5, 5.41) is 7.53. The van der Waals surface area contributed by atoms with Gasteiger partial charge < -0.3 is 20.1 Å². The molecule has 2 N–H and O–H groups in total. The van der Waals surface area contributed by atoms with Gasteiger partial charge in [0.2, 0.25) is 5.91 Å². The molecule has 2 aromatic heterocycles. The molecule has 1 aliphatic heterocycles. The fraction of sp³-hybridized carbons (Fsp3) is 0.370. The maximum absolute atomic E-state index is 12.2. The number of hydrogen-bond donors (Lipinski definition) is 2. The topological polar surface area (TPSA) is 62.2 Å². The number of hydrogen-bond acceptors (Lipinski definition) is 3. The van der Waals surface area contributed by atoms with E-state index in [4.69, 9.17) is 23.8 Å². The van der Waals surface area contributed by atoms with Crippen LogP contribution in [0.25, 0.3) is 0 Å². The Morgan fingerprint density at radius 2 is 1.97 bits per heavy atom. The standard InChI is InChI=1S/C27H30ClN5OS/c1-17(2)26(34)30-21-13-12-19(16-20(21)28)33-25(23-11-7-15-32(23)18-8-3-4-9-18)24(31-27(33)35)22-10-5-6-14-29-22/h5-7,10-18,24-25H,3-4,8-9H2,1-2H3,(H,30,34)(H,31,35)/t24-,25-/m0/s1. The molecule has 5 rings (SSSR count). The first-order valence-corrected chi connectivity index (χ1v) is 13.0. The smallest absolute Gasteiger partial charge is 0.226 e. The number of thiocarbonyl (C=S) groups is 1. The van der Waals surface area contributed by atoms with Gasteiger partial charge in [-0.1, -0.05) is 44.4 Å². The molecule has 0 spiro atoms. The van der Waals surface area contributed by atoms with Gasteiger partial charge in [-0.25, -0.2) is 0 Å². The normalized spacial score (nSPS) is 20.5. The van der Waals surface area contributed by atoms with Crippen LogP contribution in [0.2, 0.25) is 5.02 Å². The largest absolute Gasteiger partial charge is 0.351 e. The molecule has 2 aliphatic rings. The predicted octanol–water partition coefficient (Wildman–Crippen LogP) is 6.42. The minimum absolute atomic E-state index is 0.0690. The Labute approximate surface area is 216 Å². The Morgan fingerprint density at radius 3 is 2.66 bits per heavy atom. The van der Waals surface area contributed by atoms with Crippen LogP contribution in [0.3, 0.4) is 0 Å². The number of anilines is 2. The lowest BCUT2D eigenvalue weighted by Gasteiger charge is -2.30. The van der Waals surface area contributed by atoms with Crippen LogP contribution in [0.5, 0.6) is 0 Å². The third-order valence-electron chi connectivity index (χ3n) is 6.94. The van der Waals surface area contributed by atoms with Crippen LogP contribution in [-0.2, 0) is 4.79 Å². The molecule has 0 bridgehead atoms. The van der Waals surface area contributed by atoms with Crippen molar-refractivity contribution in [2.75, 3.05) is 10.2 Å². The number of carbonyl (C=O) groups excluding carboxylic acids is 1. The summed E-state index contributed by atoms with van der Waals surface area (Å²) < 4.78 is 2.43. The average Bonchev–Trinajstić information content (AvgIpc) is 3.60. The number of carbonyl (C=O) groups is 1. The Bertz CT molecular complexity index is 1220. The van der Waals surface area contributed by atoms with Crippen LogP contribution in [-0.4, -0.2) is 20.6 Å². The zero-order chi connectivity index (χ0) is 24.5. The lowest BCUT2D eigenvalue weighted by molar-refractivity contribution is -0.118. The van der Waals surface area contributed by atoms with E-state index in [1.165, 1.54) is 31.4 Å². The molecule has 1 amide bonds. The van der Waals surface area contributed by atoms with E-state index in [9.17, 15) is 4.79 Å². The lowest BCUT2D eigenvalue weighted by Crippen LogP contribution is -2.30. The predicted molar refractivity (Wildman–Crippen MR) is 145 cm³/mol. The van der Waals surface area contributed by atoms with Gasteiger partial charge in [-0.2, -0.15) is 0 Å². The number of halogens is 1. The van der Waals surface area contributed by atoms with Crippen LogP contribution < -0.4 is 15.5 Å². The molecule has 2 fully saturated rings. The van der Waals surface area contributed by atoms with Gasteiger partial charge in [0, 0.05) is 35.7 Å². The van der Waals surface area contributed by atoms with E-state index in [0.717, 1.165) is 11.4 Å². The SMILES string of the molecule is CC(C)C(=O)Nc1ccc(N2C(=S)N[C@@H](c3ccccn3)[C@@H]2c2cccn2C2CCCC2)cc1Cl. The van der Waals surface area contributed by atoms with E-state index in [0.29, 0.717) is 21.9 Å². The number of nitrogens with one attached hydrogen (secondary N) is 2. The molecular formula is C27H30ClN5OS. The molecule has 0 radical (unpaired) electrons. The van der Waals surface area contributed by atoms with Crippen molar-refractivity contribution in [3.05, 3.63) is 77.3 Å². The van der Waals surface area contributed by atoms with E-state index in [2.05, 4.69) is 43.4 Å². The van der Waals surface area contributed by atoms with Gasteiger partial charge in [-0.05, 0) is 67.5 Å². The summed E-state index contributed by atoms with van der Waals surface area (Å²) in [5.74, 6) is -0.200. The second-order valence-corrected chi connectivity index (χ2v) is 10.4. The number of benzene rings is 1. The van der Waals surface area contributed by atoms with Gasteiger partial charge >= 0.3 is 0 Å². The summed E-state index contributed by atoms with van der Waals surface area (Å²) in [4.78, 5) is 19.0. The van der Waals surface area contributed by atoms with E-state index in [1.807, 2.05) is 56.4 Å². The average molecular weight is 508 g/mol. The first-order valence-electron chi connectivity index (χ1n) is 12.2. The van der Waals surface area contributed by atoms with Crippen LogP contribution in [0.1, 0.15) is 69.0 Å². The van der Waals surface area contributed by atoms with Crippen molar-refractivity contribution in [2.45, 2.75) is 57.7 Å². The van der Waals surface area contributed by atoms with Crippen molar-refractivity contribution in [3.63, 3.8) is 0 Å². The van der Waals surface area contributed by atoms with Crippen LogP contribution in [0, 0.1) is 5.92 Å². The van der Waals surface area contributed by atoms with Crippen LogP contribution in [0.15, 0.2) is 60.9 Å². The molecule has 1 aliphatic carbocycles. The van der Waals surface area contributed by atoms with Gasteiger partial charge in [-0.15, -0.1) is 0 Å². The quantitative estimate of drug-likeness (QED) is 0.377. The highest BCUT2D eigenvalue weighted by atomic mass is 35.5.